The van der Waals surface area contributed by atoms with E-state index in [1.807, 2.05) is 31.2 Å². The number of nitrogens with one attached hydrogen (secondary N) is 1. The Morgan fingerprint density at radius 2 is 1.71 bits per heavy atom. The van der Waals surface area contributed by atoms with Crippen LogP contribution in [0.3, 0.4) is 0 Å². The number of aryl methyl sites for hydroxylation is 1. The summed E-state index contributed by atoms with van der Waals surface area (Å²) in [7, 11) is 3.22. The predicted octanol–water partition coefficient (Wildman–Crippen LogP) is 2.29. The van der Waals surface area contributed by atoms with Gasteiger partial charge in [-0.2, -0.15) is 4.98 Å². The summed E-state index contributed by atoms with van der Waals surface area (Å²) in [5.74, 6) is 3.53. The molecule has 1 aromatic carbocycles. The molecule has 2 rings (SSSR count). The minimum absolute atomic E-state index is 0.525. The van der Waals surface area contributed by atoms with Crippen LogP contribution in [-0.2, 0) is 0 Å². The van der Waals surface area contributed by atoms with E-state index >= 15 is 0 Å². The highest BCUT2D eigenvalue weighted by Crippen LogP contribution is 2.17. The van der Waals surface area contributed by atoms with Gasteiger partial charge in [0.2, 0.25) is 5.88 Å². The number of nitrogens with zero attached hydrogens (tertiary/aromatic N) is 2. The lowest BCUT2D eigenvalue weighted by Gasteiger charge is -2.09. The number of rotatable bonds is 7. The number of hydrogen-bond donors (Lipinski definition) is 1. The molecule has 0 saturated heterocycles. The fourth-order valence-electron chi connectivity index (χ4n) is 1.76. The van der Waals surface area contributed by atoms with E-state index in [1.54, 1.807) is 20.3 Å². The molecular weight excluding hydrogens is 270 g/mol. The summed E-state index contributed by atoms with van der Waals surface area (Å²) in [5.41, 5.74) is 0. The van der Waals surface area contributed by atoms with Gasteiger partial charge in [-0.05, 0) is 31.2 Å². The van der Waals surface area contributed by atoms with Crippen molar-refractivity contribution >= 4 is 5.82 Å². The smallest absolute Gasteiger partial charge is 0.218 e. The van der Waals surface area contributed by atoms with Crippen LogP contribution in [0.15, 0.2) is 30.3 Å². The van der Waals surface area contributed by atoms with E-state index < -0.39 is 0 Å². The quantitative estimate of drug-likeness (QED) is 0.789. The summed E-state index contributed by atoms with van der Waals surface area (Å²) >= 11 is 0. The molecule has 0 amide bonds. The first-order valence-electron chi connectivity index (χ1n) is 6.61. The molecule has 0 aliphatic heterocycles. The van der Waals surface area contributed by atoms with E-state index in [9.17, 15) is 0 Å². The van der Waals surface area contributed by atoms with Gasteiger partial charge in [0.25, 0.3) is 0 Å². The van der Waals surface area contributed by atoms with Crippen LogP contribution in [0, 0.1) is 6.92 Å². The number of ether oxygens (including phenoxy) is 3. The van der Waals surface area contributed by atoms with Gasteiger partial charge < -0.3 is 19.5 Å². The molecule has 112 valence electrons. The molecule has 1 N–H and O–H groups in total. The van der Waals surface area contributed by atoms with Crippen molar-refractivity contribution in [3.8, 4) is 17.4 Å². The first-order chi connectivity index (χ1) is 10.2. The summed E-state index contributed by atoms with van der Waals surface area (Å²) in [5, 5.41) is 3.17. The molecule has 21 heavy (non-hydrogen) atoms. The summed E-state index contributed by atoms with van der Waals surface area (Å²) < 4.78 is 15.8. The summed E-state index contributed by atoms with van der Waals surface area (Å²) in [6.07, 6.45) is 0. The van der Waals surface area contributed by atoms with Crippen molar-refractivity contribution in [2.75, 3.05) is 32.7 Å². The van der Waals surface area contributed by atoms with Gasteiger partial charge in [-0.15, -0.1) is 0 Å². The monoisotopic (exact) mass is 289 g/mol. The third kappa shape index (κ3) is 4.52. The Bertz CT molecular complexity index is 573. The summed E-state index contributed by atoms with van der Waals surface area (Å²) in [6.45, 7) is 2.98. The molecule has 0 bridgehead atoms. The largest absolute Gasteiger partial charge is 0.497 e. The molecular formula is C15H19N3O3. The van der Waals surface area contributed by atoms with Crippen LogP contribution in [0.4, 0.5) is 5.82 Å². The van der Waals surface area contributed by atoms with Crippen LogP contribution < -0.4 is 19.5 Å². The Kier molecular flexibility index (Phi) is 5.20. The minimum atomic E-state index is 0.525. The average molecular weight is 289 g/mol. The second-order valence-electron chi connectivity index (χ2n) is 4.29. The van der Waals surface area contributed by atoms with Crippen molar-refractivity contribution in [2.45, 2.75) is 6.92 Å². The van der Waals surface area contributed by atoms with Gasteiger partial charge in [0.05, 0.1) is 20.8 Å². The molecule has 6 heteroatoms. The maximum atomic E-state index is 5.62. The lowest BCUT2D eigenvalue weighted by atomic mass is 10.3. The lowest BCUT2D eigenvalue weighted by molar-refractivity contribution is 0.331. The number of methoxy groups -OCH3 is 2. The Morgan fingerprint density at radius 1 is 1.00 bits per heavy atom. The lowest BCUT2D eigenvalue weighted by Crippen LogP contribution is -2.13. The van der Waals surface area contributed by atoms with Crippen molar-refractivity contribution < 1.29 is 14.2 Å². The Balaban J connectivity index is 1.80. The van der Waals surface area contributed by atoms with Gasteiger partial charge in [0.15, 0.2) is 0 Å². The summed E-state index contributed by atoms with van der Waals surface area (Å²) in [4.78, 5) is 8.40. The highest BCUT2D eigenvalue weighted by atomic mass is 16.5. The van der Waals surface area contributed by atoms with E-state index in [0.29, 0.717) is 24.9 Å². The molecule has 2 aromatic rings. The number of anilines is 1. The second-order valence-corrected chi connectivity index (χ2v) is 4.29. The van der Waals surface area contributed by atoms with Gasteiger partial charge in [-0.25, -0.2) is 4.98 Å². The minimum Gasteiger partial charge on any atom is -0.497 e. The first-order valence-corrected chi connectivity index (χ1v) is 6.61. The maximum absolute atomic E-state index is 5.62. The van der Waals surface area contributed by atoms with E-state index in [4.69, 9.17) is 14.2 Å². The molecule has 0 spiro atoms. The zero-order valence-corrected chi connectivity index (χ0v) is 12.4. The van der Waals surface area contributed by atoms with Crippen LogP contribution in [0.5, 0.6) is 17.4 Å². The standard InChI is InChI=1S/C15H19N3O3/c1-11-17-14(10-15(18-11)20-3)16-8-9-21-13-6-4-12(19-2)5-7-13/h4-7,10H,8-9H2,1-3H3,(H,16,17,18). The third-order valence-electron chi connectivity index (χ3n) is 2.76. The van der Waals surface area contributed by atoms with Gasteiger partial charge >= 0.3 is 0 Å². The Morgan fingerprint density at radius 3 is 2.38 bits per heavy atom. The molecule has 6 nitrogen and oxygen atoms in total. The van der Waals surface area contributed by atoms with Gasteiger partial charge in [-0.3, -0.25) is 0 Å². The van der Waals surface area contributed by atoms with Gasteiger partial charge in [-0.1, -0.05) is 0 Å². The van der Waals surface area contributed by atoms with Gasteiger partial charge in [0, 0.05) is 6.07 Å². The Labute approximate surface area is 124 Å². The molecule has 0 radical (unpaired) electrons. The normalized spacial score (nSPS) is 10.0. The summed E-state index contributed by atoms with van der Waals surface area (Å²) in [6, 6.07) is 9.22. The fourth-order valence-corrected chi connectivity index (χ4v) is 1.76. The third-order valence-corrected chi connectivity index (χ3v) is 2.76. The van der Waals surface area contributed by atoms with E-state index in [0.717, 1.165) is 17.3 Å². The van der Waals surface area contributed by atoms with Crippen molar-refractivity contribution in [1.29, 1.82) is 0 Å². The first kappa shape index (κ1) is 14.9. The second kappa shape index (κ2) is 7.33. The zero-order valence-electron chi connectivity index (χ0n) is 12.4. The number of hydrogen-bond acceptors (Lipinski definition) is 6. The van der Waals surface area contributed by atoms with Crippen molar-refractivity contribution in [2.24, 2.45) is 0 Å². The van der Waals surface area contributed by atoms with Gasteiger partial charge in [0.1, 0.15) is 29.7 Å². The predicted molar refractivity (Wildman–Crippen MR) is 80.3 cm³/mol. The average Bonchev–Trinajstić information content (AvgIpc) is 2.51. The molecule has 1 aromatic heterocycles. The van der Waals surface area contributed by atoms with Crippen molar-refractivity contribution in [3.05, 3.63) is 36.2 Å². The van der Waals surface area contributed by atoms with Crippen LogP contribution in [0.2, 0.25) is 0 Å². The molecule has 0 aliphatic carbocycles. The number of aromatic nitrogens is 2. The zero-order chi connectivity index (χ0) is 15.1. The molecule has 0 atom stereocenters. The van der Waals surface area contributed by atoms with E-state index in [1.165, 1.54) is 0 Å². The van der Waals surface area contributed by atoms with E-state index in [-0.39, 0.29) is 0 Å². The van der Waals surface area contributed by atoms with Crippen molar-refractivity contribution in [1.82, 2.24) is 9.97 Å². The SMILES string of the molecule is COc1ccc(OCCNc2cc(OC)nc(C)n2)cc1. The molecule has 0 unspecified atom stereocenters. The molecule has 0 aliphatic rings. The molecule has 0 fully saturated rings. The van der Waals surface area contributed by atoms with E-state index in [2.05, 4.69) is 15.3 Å². The molecule has 0 saturated carbocycles. The van der Waals surface area contributed by atoms with Crippen molar-refractivity contribution in [3.63, 3.8) is 0 Å². The number of benzene rings is 1. The van der Waals surface area contributed by atoms with Crippen LogP contribution in [0.25, 0.3) is 0 Å². The Hall–Kier alpha value is -2.50. The fraction of sp³-hybridized carbons (Fsp3) is 0.333. The molecule has 1 heterocycles. The maximum Gasteiger partial charge on any atom is 0.218 e. The topological polar surface area (TPSA) is 65.5 Å². The highest BCUT2D eigenvalue weighted by molar-refractivity contribution is 5.38. The van der Waals surface area contributed by atoms with Crippen LogP contribution in [-0.4, -0.2) is 37.3 Å². The van der Waals surface area contributed by atoms with Crippen LogP contribution >= 0.6 is 0 Å². The highest BCUT2D eigenvalue weighted by Gasteiger charge is 2.01. The van der Waals surface area contributed by atoms with Crippen LogP contribution in [0.1, 0.15) is 5.82 Å².